The summed E-state index contributed by atoms with van der Waals surface area (Å²) >= 11 is 0. The second-order valence-electron chi connectivity index (χ2n) is 5.06. The predicted octanol–water partition coefficient (Wildman–Crippen LogP) is 1.95. The second kappa shape index (κ2) is 9.91. The van der Waals surface area contributed by atoms with E-state index in [9.17, 15) is 0 Å². The lowest BCUT2D eigenvalue weighted by atomic mass is 10.3. The first-order valence-electron chi connectivity index (χ1n) is 7.77. The molecule has 0 aliphatic heterocycles. The van der Waals surface area contributed by atoms with Gasteiger partial charge < -0.3 is 14.7 Å². The van der Waals surface area contributed by atoms with Crippen LogP contribution in [0.5, 0.6) is 0 Å². The zero-order valence-electron chi connectivity index (χ0n) is 13.5. The highest BCUT2D eigenvalue weighted by atomic mass is 16.5. The van der Waals surface area contributed by atoms with E-state index in [1.807, 2.05) is 13.1 Å². The Morgan fingerprint density at radius 3 is 2.35 bits per heavy atom. The van der Waals surface area contributed by atoms with Crippen LogP contribution in [-0.4, -0.2) is 54.7 Å². The smallest absolute Gasteiger partial charge is 0.151 e. The van der Waals surface area contributed by atoms with Crippen molar-refractivity contribution >= 4 is 0 Å². The van der Waals surface area contributed by atoms with E-state index in [0.29, 0.717) is 0 Å². The fourth-order valence-electron chi connectivity index (χ4n) is 2.32. The van der Waals surface area contributed by atoms with E-state index in [0.717, 1.165) is 50.7 Å². The molecule has 0 fully saturated rings. The van der Waals surface area contributed by atoms with Crippen LogP contribution >= 0.6 is 0 Å². The summed E-state index contributed by atoms with van der Waals surface area (Å²) in [7, 11) is 1.92. The van der Waals surface area contributed by atoms with Gasteiger partial charge in [0.2, 0.25) is 0 Å². The van der Waals surface area contributed by atoms with Crippen molar-refractivity contribution in [2.45, 2.75) is 40.3 Å². The van der Waals surface area contributed by atoms with Gasteiger partial charge in [-0.05, 0) is 46.2 Å². The third-order valence-corrected chi connectivity index (χ3v) is 3.64. The van der Waals surface area contributed by atoms with E-state index in [2.05, 4.69) is 41.0 Å². The molecule has 0 aliphatic carbocycles. The van der Waals surface area contributed by atoms with Gasteiger partial charge in [0.05, 0.1) is 12.2 Å². The van der Waals surface area contributed by atoms with Crippen molar-refractivity contribution in [3.8, 4) is 0 Å². The molecule has 1 aromatic heterocycles. The Morgan fingerprint density at radius 2 is 1.75 bits per heavy atom. The van der Waals surface area contributed by atoms with Gasteiger partial charge in [-0.25, -0.2) is 0 Å². The molecule has 0 aromatic carbocycles. The van der Waals surface area contributed by atoms with Crippen molar-refractivity contribution in [2.24, 2.45) is 0 Å². The molecule has 20 heavy (non-hydrogen) atoms. The molecule has 1 heterocycles. The van der Waals surface area contributed by atoms with Crippen molar-refractivity contribution in [1.82, 2.24) is 20.3 Å². The number of rotatable bonds is 11. The van der Waals surface area contributed by atoms with Crippen LogP contribution in [0.25, 0.3) is 0 Å². The Bertz CT molecular complexity index is 349. The minimum absolute atomic E-state index is 0.761. The van der Waals surface area contributed by atoms with Crippen molar-refractivity contribution in [3.05, 3.63) is 17.5 Å². The van der Waals surface area contributed by atoms with E-state index < -0.39 is 0 Å². The fourth-order valence-corrected chi connectivity index (χ4v) is 2.32. The Balaban J connectivity index is 2.34. The molecule has 0 aliphatic rings. The first kappa shape index (κ1) is 17.1. The van der Waals surface area contributed by atoms with E-state index in [4.69, 9.17) is 4.52 Å². The van der Waals surface area contributed by atoms with Gasteiger partial charge in [0, 0.05) is 12.6 Å². The summed E-state index contributed by atoms with van der Waals surface area (Å²) in [6, 6.07) is 2.05. The number of nitrogens with one attached hydrogen (secondary N) is 1. The van der Waals surface area contributed by atoms with Gasteiger partial charge in [0.1, 0.15) is 0 Å². The second-order valence-corrected chi connectivity index (χ2v) is 5.06. The van der Waals surface area contributed by atoms with Gasteiger partial charge in [0.25, 0.3) is 0 Å². The monoisotopic (exact) mass is 282 g/mol. The summed E-state index contributed by atoms with van der Waals surface area (Å²) in [6.07, 6.45) is 1.20. The minimum atomic E-state index is 0.761. The van der Waals surface area contributed by atoms with E-state index in [1.54, 1.807) is 0 Å². The zero-order valence-corrected chi connectivity index (χ0v) is 13.5. The SMILES string of the molecule is CCN(CC)CCCN(CC)Cc1cc(CNC)no1. The minimum Gasteiger partial charge on any atom is -0.360 e. The van der Waals surface area contributed by atoms with E-state index >= 15 is 0 Å². The van der Waals surface area contributed by atoms with Crippen LogP contribution in [-0.2, 0) is 13.1 Å². The van der Waals surface area contributed by atoms with Gasteiger partial charge in [0.15, 0.2) is 5.76 Å². The Morgan fingerprint density at radius 1 is 1.10 bits per heavy atom. The topological polar surface area (TPSA) is 44.5 Å². The predicted molar refractivity (Wildman–Crippen MR) is 82.6 cm³/mol. The highest BCUT2D eigenvalue weighted by Gasteiger charge is 2.09. The number of nitrogens with zero attached hydrogens (tertiary/aromatic N) is 3. The van der Waals surface area contributed by atoms with Crippen molar-refractivity contribution in [3.63, 3.8) is 0 Å². The highest BCUT2D eigenvalue weighted by Crippen LogP contribution is 2.08. The molecule has 5 heteroatoms. The summed E-state index contributed by atoms with van der Waals surface area (Å²) in [5.41, 5.74) is 0.974. The van der Waals surface area contributed by atoms with Crippen molar-refractivity contribution in [2.75, 3.05) is 39.8 Å². The molecule has 1 aromatic rings. The van der Waals surface area contributed by atoms with Gasteiger partial charge in [-0.15, -0.1) is 0 Å². The molecular formula is C15H30N4O. The molecule has 0 saturated heterocycles. The van der Waals surface area contributed by atoms with Crippen molar-refractivity contribution in [1.29, 1.82) is 0 Å². The van der Waals surface area contributed by atoms with Gasteiger partial charge in [-0.2, -0.15) is 0 Å². The molecule has 0 spiro atoms. The number of hydrogen-bond donors (Lipinski definition) is 1. The average molecular weight is 282 g/mol. The lowest BCUT2D eigenvalue weighted by molar-refractivity contribution is 0.217. The van der Waals surface area contributed by atoms with Crippen molar-refractivity contribution < 1.29 is 4.52 Å². The number of aromatic nitrogens is 1. The molecule has 0 saturated carbocycles. The molecule has 1 N–H and O–H groups in total. The standard InChI is InChI=1S/C15H30N4O/c1-5-18(6-2)9-8-10-19(7-3)13-15-11-14(12-16-4)17-20-15/h11,16H,5-10,12-13H2,1-4H3. The first-order chi connectivity index (χ1) is 9.73. The van der Waals surface area contributed by atoms with Gasteiger partial charge >= 0.3 is 0 Å². The fraction of sp³-hybridized carbons (Fsp3) is 0.800. The highest BCUT2D eigenvalue weighted by molar-refractivity contribution is 5.04. The van der Waals surface area contributed by atoms with Gasteiger partial charge in [-0.3, -0.25) is 4.90 Å². The van der Waals surface area contributed by atoms with Crippen LogP contribution in [0.2, 0.25) is 0 Å². The lowest BCUT2D eigenvalue weighted by Crippen LogP contribution is -2.29. The number of hydrogen-bond acceptors (Lipinski definition) is 5. The third-order valence-electron chi connectivity index (χ3n) is 3.64. The van der Waals surface area contributed by atoms with Crippen LogP contribution in [0.4, 0.5) is 0 Å². The average Bonchev–Trinajstić information content (AvgIpc) is 2.90. The normalized spacial score (nSPS) is 11.7. The molecule has 1 rings (SSSR count). The Hall–Kier alpha value is -0.910. The van der Waals surface area contributed by atoms with Crippen LogP contribution in [0.3, 0.4) is 0 Å². The molecule has 0 bridgehead atoms. The molecule has 0 atom stereocenters. The quantitative estimate of drug-likeness (QED) is 0.672. The Labute approximate surface area is 123 Å². The summed E-state index contributed by atoms with van der Waals surface area (Å²) in [5.74, 6) is 0.958. The first-order valence-corrected chi connectivity index (χ1v) is 7.77. The maximum Gasteiger partial charge on any atom is 0.151 e. The maximum absolute atomic E-state index is 5.38. The molecular weight excluding hydrogens is 252 g/mol. The summed E-state index contributed by atoms with van der Waals surface area (Å²) in [6.45, 7) is 13.8. The zero-order chi connectivity index (χ0) is 14.8. The summed E-state index contributed by atoms with van der Waals surface area (Å²) in [5, 5.41) is 7.14. The van der Waals surface area contributed by atoms with Crippen LogP contribution in [0.1, 0.15) is 38.6 Å². The van der Waals surface area contributed by atoms with Crippen LogP contribution < -0.4 is 5.32 Å². The summed E-state index contributed by atoms with van der Waals surface area (Å²) in [4.78, 5) is 4.88. The molecule has 0 radical (unpaired) electrons. The molecule has 116 valence electrons. The molecule has 5 nitrogen and oxygen atoms in total. The van der Waals surface area contributed by atoms with E-state index in [-0.39, 0.29) is 0 Å². The Kier molecular flexibility index (Phi) is 8.49. The maximum atomic E-state index is 5.38. The third kappa shape index (κ3) is 6.03. The van der Waals surface area contributed by atoms with Crippen LogP contribution in [0.15, 0.2) is 10.6 Å². The lowest BCUT2D eigenvalue weighted by Gasteiger charge is -2.22. The summed E-state index contributed by atoms with van der Waals surface area (Å²) < 4.78 is 5.38. The molecule has 0 amide bonds. The van der Waals surface area contributed by atoms with Gasteiger partial charge in [-0.1, -0.05) is 25.9 Å². The van der Waals surface area contributed by atoms with Crippen LogP contribution in [0, 0.1) is 0 Å². The molecule has 0 unspecified atom stereocenters. The van der Waals surface area contributed by atoms with E-state index in [1.165, 1.54) is 13.0 Å². The largest absolute Gasteiger partial charge is 0.360 e.